The van der Waals surface area contributed by atoms with Crippen molar-refractivity contribution in [2.24, 2.45) is 0 Å². The predicted octanol–water partition coefficient (Wildman–Crippen LogP) is 3.91. The van der Waals surface area contributed by atoms with Gasteiger partial charge in [0.1, 0.15) is 5.75 Å². The number of ether oxygens (including phenoxy) is 1. The maximum atomic E-state index is 11.9. The molecule has 0 atom stereocenters. The predicted molar refractivity (Wildman–Crippen MR) is 101 cm³/mol. The summed E-state index contributed by atoms with van der Waals surface area (Å²) in [6.07, 6.45) is 2.52. The number of amides is 1. The Hall–Kier alpha value is -1.76. The SMILES string of the molecule is O=C(COc1ccc(I)cc1)Nc1ccc(N2CCCC2)cc1. The molecule has 1 aliphatic heterocycles. The molecule has 0 bridgehead atoms. The minimum absolute atomic E-state index is 0.00840. The quantitative estimate of drug-likeness (QED) is 0.744. The Morgan fingerprint density at radius 1 is 1.04 bits per heavy atom. The van der Waals surface area contributed by atoms with Crippen molar-refractivity contribution in [2.45, 2.75) is 12.8 Å². The van der Waals surface area contributed by atoms with Gasteiger partial charge in [-0.05, 0) is 84.0 Å². The number of hydrogen-bond donors (Lipinski definition) is 1. The summed E-state index contributed by atoms with van der Waals surface area (Å²) in [6, 6.07) is 15.6. The summed E-state index contributed by atoms with van der Waals surface area (Å²) in [6.45, 7) is 2.25. The van der Waals surface area contributed by atoms with Crippen molar-refractivity contribution in [3.05, 3.63) is 52.1 Å². The number of hydrogen-bond acceptors (Lipinski definition) is 3. The summed E-state index contributed by atoms with van der Waals surface area (Å²) in [5, 5.41) is 2.86. The first kappa shape index (κ1) is 16.1. The van der Waals surface area contributed by atoms with E-state index in [1.54, 1.807) is 0 Å². The molecule has 1 heterocycles. The fourth-order valence-electron chi connectivity index (χ4n) is 2.61. The van der Waals surface area contributed by atoms with Gasteiger partial charge in [-0.1, -0.05) is 0 Å². The second-order valence-corrected chi connectivity index (χ2v) is 6.78. The van der Waals surface area contributed by atoms with Gasteiger partial charge in [-0.2, -0.15) is 0 Å². The van der Waals surface area contributed by atoms with E-state index in [1.165, 1.54) is 18.5 Å². The van der Waals surface area contributed by atoms with Crippen molar-refractivity contribution < 1.29 is 9.53 Å². The Bertz CT molecular complexity index is 650. The van der Waals surface area contributed by atoms with Crippen LogP contribution >= 0.6 is 22.6 Å². The zero-order valence-electron chi connectivity index (χ0n) is 12.8. The van der Waals surface area contributed by atoms with Crippen molar-refractivity contribution in [3.63, 3.8) is 0 Å². The minimum atomic E-state index is -0.155. The Kier molecular flexibility index (Phi) is 5.38. The number of carbonyl (C=O) groups is 1. The van der Waals surface area contributed by atoms with Gasteiger partial charge in [0.15, 0.2) is 6.61 Å². The third-order valence-electron chi connectivity index (χ3n) is 3.81. The van der Waals surface area contributed by atoms with Gasteiger partial charge >= 0.3 is 0 Å². The lowest BCUT2D eigenvalue weighted by atomic mass is 10.2. The average Bonchev–Trinajstić information content (AvgIpc) is 3.09. The summed E-state index contributed by atoms with van der Waals surface area (Å²) < 4.78 is 6.61. The van der Waals surface area contributed by atoms with Crippen LogP contribution in [0.5, 0.6) is 5.75 Å². The molecule has 0 aromatic heterocycles. The largest absolute Gasteiger partial charge is 0.484 e. The van der Waals surface area contributed by atoms with E-state index >= 15 is 0 Å². The van der Waals surface area contributed by atoms with Gasteiger partial charge in [-0.25, -0.2) is 0 Å². The Morgan fingerprint density at radius 3 is 2.35 bits per heavy atom. The van der Waals surface area contributed by atoms with Crippen molar-refractivity contribution in [3.8, 4) is 5.75 Å². The maximum Gasteiger partial charge on any atom is 0.262 e. The first-order valence-corrected chi connectivity index (χ1v) is 8.82. The second-order valence-electron chi connectivity index (χ2n) is 5.53. The van der Waals surface area contributed by atoms with Crippen LogP contribution in [0.1, 0.15) is 12.8 Å². The standard InChI is InChI=1S/C18H19IN2O2/c19-14-3-9-17(10-4-14)23-13-18(22)20-15-5-7-16(8-6-15)21-11-1-2-12-21/h3-10H,1-2,11-13H2,(H,20,22). The number of benzene rings is 2. The molecule has 0 aliphatic carbocycles. The van der Waals surface area contributed by atoms with Gasteiger partial charge < -0.3 is 15.0 Å². The molecule has 0 spiro atoms. The third-order valence-corrected chi connectivity index (χ3v) is 4.53. The molecule has 5 heteroatoms. The fraction of sp³-hybridized carbons (Fsp3) is 0.278. The molecule has 1 amide bonds. The van der Waals surface area contributed by atoms with Crippen LogP contribution in [0.4, 0.5) is 11.4 Å². The molecule has 0 unspecified atom stereocenters. The van der Waals surface area contributed by atoms with E-state index in [9.17, 15) is 4.79 Å². The molecule has 1 N–H and O–H groups in total. The molecule has 1 saturated heterocycles. The summed E-state index contributed by atoms with van der Waals surface area (Å²) in [5.74, 6) is 0.544. The van der Waals surface area contributed by atoms with Crippen LogP contribution < -0.4 is 15.0 Å². The Labute approximate surface area is 150 Å². The highest BCUT2D eigenvalue weighted by Gasteiger charge is 2.12. The molecule has 4 nitrogen and oxygen atoms in total. The van der Waals surface area contributed by atoms with Crippen LogP contribution in [-0.4, -0.2) is 25.6 Å². The van der Waals surface area contributed by atoms with Gasteiger partial charge in [0.2, 0.25) is 0 Å². The van der Waals surface area contributed by atoms with Gasteiger partial charge in [0.05, 0.1) is 0 Å². The average molecular weight is 422 g/mol. The zero-order chi connectivity index (χ0) is 16.1. The summed E-state index contributed by atoms with van der Waals surface area (Å²) in [4.78, 5) is 14.3. The molecule has 1 fully saturated rings. The molecule has 2 aromatic rings. The number of rotatable bonds is 5. The lowest BCUT2D eigenvalue weighted by Crippen LogP contribution is -2.20. The van der Waals surface area contributed by atoms with Gasteiger partial charge in [-0.15, -0.1) is 0 Å². The van der Waals surface area contributed by atoms with Crippen LogP contribution in [0.2, 0.25) is 0 Å². The molecule has 0 radical (unpaired) electrons. The van der Waals surface area contributed by atoms with Crippen molar-refractivity contribution in [1.29, 1.82) is 0 Å². The smallest absolute Gasteiger partial charge is 0.262 e. The van der Waals surface area contributed by atoms with Crippen molar-refractivity contribution >= 4 is 39.9 Å². The number of halogens is 1. The minimum Gasteiger partial charge on any atom is -0.484 e. The first-order chi connectivity index (χ1) is 11.2. The number of anilines is 2. The van der Waals surface area contributed by atoms with E-state index < -0.39 is 0 Å². The molecular formula is C18H19IN2O2. The molecule has 120 valence electrons. The molecule has 1 aliphatic rings. The molecule has 0 saturated carbocycles. The fourth-order valence-corrected chi connectivity index (χ4v) is 2.97. The number of nitrogens with one attached hydrogen (secondary N) is 1. The highest BCUT2D eigenvalue weighted by molar-refractivity contribution is 14.1. The van der Waals surface area contributed by atoms with Gasteiger partial charge in [-0.3, -0.25) is 4.79 Å². The van der Waals surface area contributed by atoms with Crippen molar-refractivity contribution in [2.75, 3.05) is 29.9 Å². The van der Waals surface area contributed by atoms with E-state index in [2.05, 4.69) is 44.9 Å². The van der Waals surface area contributed by atoms with Gasteiger partial charge in [0, 0.05) is 28.0 Å². The van der Waals surface area contributed by atoms with Crippen LogP contribution in [0.15, 0.2) is 48.5 Å². The normalized spacial score (nSPS) is 13.9. The maximum absolute atomic E-state index is 11.9. The third kappa shape index (κ3) is 4.60. The molecule has 2 aromatic carbocycles. The lowest BCUT2D eigenvalue weighted by Gasteiger charge is -2.17. The lowest BCUT2D eigenvalue weighted by molar-refractivity contribution is -0.118. The molecule has 23 heavy (non-hydrogen) atoms. The van der Waals surface area contributed by atoms with Crippen LogP contribution in [-0.2, 0) is 4.79 Å². The molecular weight excluding hydrogens is 403 g/mol. The number of carbonyl (C=O) groups excluding carboxylic acids is 1. The summed E-state index contributed by atoms with van der Waals surface area (Å²) >= 11 is 2.23. The topological polar surface area (TPSA) is 41.6 Å². The zero-order valence-corrected chi connectivity index (χ0v) is 15.0. The monoisotopic (exact) mass is 422 g/mol. The van der Waals surface area contributed by atoms with Crippen molar-refractivity contribution in [1.82, 2.24) is 0 Å². The van der Waals surface area contributed by atoms with E-state index in [1.807, 2.05) is 36.4 Å². The Balaban J connectivity index is 1.50. The number of nitrogens with zero attached hydrogens (tertiary/aromatic N) is 1. The van der Waals surface area contributed by atoms with Gasteiger partial charge in [0.25, 0.3) is 5.91 Å². The Morgan fingerprint density at radius 2 is 1.70 bits per heavy atom. The van der Waals surface area contributed by atoms with E-state index in [0.717, 1.165) is 22.3 Å². The first-order valence-electron chi connectivity index (χ1n) is 7.74. The van der Waals surface area contributed by atoms with E-state index in [0.29, 0.717) is 5.75 Å². The van der Waals surface area contributed by atoms with Crippen LogP contribution in [0.3, 0.4) is 0 Å². The van der Waals surface area contributed by atoms with Crippen LogP contribution in [0.25, 0.3) is 0 Å². The van der Waals surface area contributed by atoms with E-state index in [-0.39, 0.29) is 12.5 Å². The molecule has 3 rings (SSSR count). The summed E-state index contributed by atoms with van der Waals surface area (Å²) in [5.41, 5.74) is 2.01. The highest BCUT2D eigenvalue weighted by atomic mass is 127. The highest BCUT2D eigenvalue weighted by Crippen LogP contribution is 2.22. The van der Waals surface area contributed by atoms with E-state index in [4.69, 9.17) is 4.74 Å². The second kappa shape index (κ2) is 7.68. The summed E-state index contributed by atoms with van der Waals surface area (Å²) in [7, 11) is 0. The van der Waals surface area contributed by atoms with Crippen LogP contribution in [0, 0.1) is 3.57 Å².